The van der Waals surface area contributed by atoms with Crippen molar-refractivity contribution in [2.75, 3.05) is 6.61 Å². The summed E-state index contributed by atoms with van der Waals surface area (Å²) in [7, 11) is 0. The normalized spacial score (nSPS) is 10.7. The molecule has 134 valence electrons. The number of esters is 1. The van der Waals surface area contributed by atoms with Gasteiger partial charge in [0.15, 0.2) is 5.69 Å². The summed E-state index contributed by atoms with van der Waals surface area (Å²) in [5.74, 6) is 0.0637. The molecule has 3 rings (SSSR count). The van der Waals surface area contributed by atoms with Crippen LogP contribution in [0.1, 0.15) is 23.1 Å². The average Bonchev–Trinajstić information content (AvgIpc) is 3.08. The van der Waals surface area contributed by atoms with E-state index in [1.165, 1.54) is 0 Å². The molecule has 1 heterocycles. The summed E-state index contributed by atoms with van der Waals surface area (Å²) in [5, 5.41) is 11.5. The monoisotopic (exact) mass is 407 g/mol. The van der Waals surface area contributed by atoms with E-state index in [-0.39, 0.29) is 0 Å². The summed E-state index contributed by atoms with van der Waals surface area (Å²) in [6.07, 6.45) is 0. The standard InChI is InChI=1S/C18H15Cl2N3O2S/c1-2-25-18(24)17-16(21-23-22-17)10-26-15-5-3-11(4-6-15)12-7-13(19)9-14(20)8-12/h3-9H,2,10H2,1H3,(H,21,22,23). The van der Waals surface area contributed by atoms with Crippen LogP contribution >= 0.6 is 35.0 Å². The van der Waals surface area contributed by atoms with Crippen LogP contribution in [0.15, 0.2) is 47.4 Å². The summed E-state index contributed by atoms with van der Waals surface area (Å²) in [5.41, 5.74) is 2.84. The minimum Gasteiger partial charge on any atom is -0.461 e. The fourth-order valence-electron chi connectivity index (χ4n) is 2.33. The van der Waals surface area contributed by atoms with Crippen LogP contribution < -0.4 is 0 Å². The third kappa shape index (κ3) is 4.58. The molecule has 26 heavy (non-hydrogen) atoms. The van der Waals surface area contributed by atoms with Crippen molar-refractivity contribution < 1.29 is 9.53 Å². The number of aromatic nitrogens is 3. The van der Waals surface area contributed by atoms with Crippen molar-refractivity contribution in [1.29, 1.82) is 0 Å². The van der Waals surface area contributed by atoms with Gasteiger partial charge in [0.25, 0.3) is 0 Å². The maximum atomic E-state index is 11.8. The number of hydrogen-bond acceptors (Lipinski definition) is 5. The Bertz CT molecular complexity index is 893. The Balaban J connectivity index is 1.69. The molecule has 1 aromatic heterocycles. The summed E-state index contributed by atoms with van der Waals surface area (Å²) in [6.45, 7) is 2.06. The quantitative estimate of drug-likeness (QED) is 0.446. The highest BCUT2D eigenvalue weighted by Gasteiger charge is 2.16. The first-order valence-corrected chi connectivity index (χ1v) is 9.57. The van der Waals surface area contributed by atoms with Crippen molar-refractivity contribution >= 4 is 40.9 Å². The number of ether oxygens (including phenoxy) is 1. The molecule has 0 aliphatic carbocycles. The highest BCUT2D eigenvalue weighted by atomic mass is 35.5. The van der Waals surface area contributed by atoms with Gasteiger partial charge in [-0.3, -0.25) is 5.10 Å². The maximum Gasteiger partial charge on any atom is 0.358 e. The number of carbonyl (C=O) groups excluding carboxylic acids is 1. The Hall–Kier alpha value is -2.02. The van der Waals surface area contributed by atoms with Crippen molar-refractivity contribution in [3.05, 3.63) is 63.9 Å². The largest absolute Gasteiger partial charge is 0.461 e. The smallest absolute Gasteiger partial charge is 0.358 e. The molecule has 0 bridgehead atoms. The molecule has 0 aliphatic rings. The van der Waals surface area contributed by atoms with Crippen LogP contribution in [0.2, 0.25) is 10.0 Å². The molecular formula is C18H15Cl2N3O2S. The summed E-state index contributed by atoms with van der Waals surface area (Å²) in [6, 6.07) is 13.4. The van der Waals surface area contributed by atoms with Crippen molar-refractivity contribution in [3.8, 4) is 11.1 Å². The summed E-state index contributed by atoms with van der Waals surface area (Å²) >= 11 is 13.7. The molecule has 0 amide bonds. The van der Waals surface area contributed by atoms with Crippen LogP contribution in [0.25, 0.3) is 11.1 Å². The van der Waals surface area contributed by atoms with E-state index in [2.05, 4.69) is 15.4 Å². The SMILES string of the molecule is CCOC(=O)c1[nH]nnc1CSc1ccc(-c2cc(Cl)cc(Cl)c2)cc1. The zero-order valence-corrected chi connectivity index (χ0v) is 16.2. The van der Waals surface area contributed by atoms with E-state index in [1.54, 1.807) is 24.8 Å². The number of aromatic amines is 1. The highest BCUT2D eigenvalue weighted by molar-refractivity contribution is 7.98. The molecule has 0 unspecified atom stereocenters. The van der Waals surface area contributed by atoms with E-state index in [0.29, 0.717) is 33.8 Å². The molecule has 0 radical (unpaired) electrons. The van der Waals surface area contributed by atoms with Gasteiger partial charge in [-0.2, -0.15) is 0 Å². The third-order valence-electron chi connectivity index (χ3n) is 3.53. The van der Waals surface area contributed by atoms with Gasteiger partial charge in [-0.1, -0.05) is 40.5 Å². The summed E-state index contributed by atoms with van der Waals surface area (Å²) in [4.78, 5) is 12.9. The first-order chi connectivity index (χ1) is 12.6. The molecule has 0 spiro atoms. The van der Waals surface area contributed by atoms with Gasteiger partial charge in [0, 0.05) is 20.7 Å². The van der Waals surface area contributed by atoms with Gasteiger partial charge in [-0.05, 0) is 48.4 Å². The fourth-order valence-corrected chi connectivity index (χ4v) is 3.69. The highest BCUT2D eigenvalue weighted by Crippen LogP contribution is 2.30. The number of rotatable bonds is 6. The second-order valence-corrected chi connectivity index (χ2v) is 7.25. The first-order valence-electron chi connectivity index (χ1n) is 7.83. The predicted octanol–water partition coefficient (Wildman–Crippen LogP) is 5.25. The van der Waals surface area contributed by atoms with Crippen LogP contribution in [0.3, 0.4) is 0 Å². The molecule has 0 atom stereocenters. The number of nitrogens with one attached hydrogen (secondary N) is 1. The molecule has 0 saturated heterocycles. The zero-order chi connectivity index (χ0) is 18.5. The molecule has 1 N–H and O–H groups in total. The Morgan fingerprint density at radius 1 is 1.12 bits per heavy atom. The van der Waals surface area contributed by atoms with E-state index in [0.717, 1.165) is 16.0 Å². The molecule has 8 heteroatoms. The topological polar surface area (TPSA) is 67.9 Å². The van der Waals surface area contributed by atoms with E-state index >= 15 is 0 Å². The van der Waals surface area contributed by atoms with Crippen molar-refractivity contribution in [1.82, 2.24) is 15.4 Å². The lowest BCUT2D eigenvalue weighted by molar-refractivity contribution is 0.0518. The number of carbonyl (C=O) groups is 1. The molecular weight excluding hydrogens is 393 g/mol. The van der Waals surface area contributed by atoms with Crippen LogP contribution in [0, 0.1) is 0 Å². The molecule has 0 saturated carbocycles. The van der Waals surface area contributed by atoms with Gasteiger partial charge in [0.05, 0.1) is 6.61 Å². The lowest BCUT2D eigenvalue weighted by Crippen LogP contribution is -2.07. The number of hydrogen-bond donors (Lipinski definition) is 1. The number of H-pyrrole nitrogens is 1. The van der Waals surface area contributed by atoms with Gasteiger partial charge >= 0.3 is 5.97 Å². The van der Waals surface area contributed by atoms with Gasteiger partial charge in [-0.15, -0.1) is 16.9 Å². The predicted molar refractivity (Wildman–Crippen MR) is 104 cm³/mol. The minimum atomic E-state index is -0.443. The minimum absolute atomic E-state index is 0.296. The lowest BCUT2D eigenvalue weighted by Gasteiger charge is -2.06. The van der Waals surface area contributed by atoms with E-state index in [9.17, 15) is 4.79 Å². The third-order valence-corrected chi connectivity index (χ3v) is 4.99. The second-order valence-electron chi connectivity index (χ2n) is 5.33. The summed E-state index contributed by atoms with van der Waals surface area (Å²) < 4.78 is 4.98. The van der Waals surface area contributed by atoms with E-state index in [1.807, 2.05) is 36.4 Å². The second kappa shape index (κ2) is 8.58. The Morgan fingerprint density at radius 2 is 1.81 bits per heavy atom. The first kappa shape index (κ1) is 18.8. The van der Waals surface area contributed by atoms with Crippen LogP contribution in [-0.2, 0) is 10.5 Å². The van der Waals surface area contributed by atoms with E-state index < -0.39 is 5.97 Å². The number of halogens is 2. The van der Waals surface area contributed by atoms with Crippen LogP contribution in [0.5, 0.6) is 0 Å². The molecule has 0 fully saturated rings. The van der Waals surface area contributed by atoms with Gasteiger partial charge < -0.3 is 4.74 Å². The number of benzene rings is 2. The van der Waals surface area contributed by atoms with Crippen LogP contribution in [-0.4, -0.2) is 28.0 Å². The van der Waals surface area contributed by atoms with Gasteiger partial charge in [0.1, 0.15) is 5.69 Å². The fraction of sp³-hybridized carbons (Fsp3) is 0.167. The van der Waals surface area contributed by atoms with Crippen molar-refractivity contribution in [3.63, 3.8) is 0 Å². The Labute approximate surface area is 165 Å². The van der Waals surface area contributed by atoms with Crippen LogP contribution in [0.4, 0.5) is 0 Å². The maximum absolute atomic E-state index is 11.8. The molecule has 3 aromatic rings. The Kier molecular flexibility index (Phi) is 6.19. The van der Waals surface area contributed by atoms with Crippen molar-refractivity contribution in [2.24, 2.45) is 0 Å². The zero-order valence-electron chi connectivity index (χ0n) is 13.8. The van der Waals surface area contributed by atoms with Crippen molar-refractivity contribution in [2.45, 2.75) is 17.6 Å². The number of thioether (sulfide) groups is 1. The average molecular weight is 408 g/mol. The molecule has 5 nitrogen and oxygen atoms in total. The van der Waals surface area contributed by atoms with Gasteiger partial charge in [0.2, 0.25) is 0 Å². The van der Waals surface area contributed by atoms with Gasteiger partial charge in [-0.25, -0.2) is 4.79 Å². The molecule has 2 aromatic carbocycles. The Morgan fingerprint density at radius 3 is 2.46 bits per heavy atom. The van der Waals surface area contributed by atoms with E-state index in [4.69, 9.17) is 27.9 Å². The number of nitrogens with zero attached hydrogens (tertiary/aromatic N) is 2. The molecule has 0 aliphatic heterocycles. The lowest BCUT2D eigenvalue weighted by atomic mass is 10.1.